The van der Waals surface area contributed by atoms with Crippen LogP contribution in [0.2, 0.25) is 0 Å². The maximum atomic E-state index is 12.9. The Labute approximate surface area is 183 Å². The molecule has 0 spiro atoms. The first kappa shape index (κ1) is 19.6. The van der Waals surface area contributed by atoms with Crippen molar-refractivity contribution in [1.82, 2.24) is 4.57 Å². The predicted molar refractivity (Wildman–Crippen MR) is 121 cm³/mol. The third-order valence-electron chi connectivity index (χ3n) is 5.67. The first-order chi connectivity index (χ1) is 15.3. The third kappa shape index (κ3) is 3.04. The van der Waals surface area contributed by atoms with Gasteiger partial charge in [-0.05, 0) is 30.2 Å². The van der Waals surface area contributed by atoms with Gasteiger partial charge < -0.3 is 19.5 Å². The van der Waals surface area contributed by atoms with Crippen molar-refractivity contribution in [3.63, 3.8) is 0 Å². The van der Waals surface area contributed by atoms with Crippen molar-refractivity contribution in [2.45, 2.75) is 6.92 Å². The molecule has 2 heterocycles. The normalized spacial score (nSPS) is 14.1. The summed E-state index contributed by atoms with van der Waals surface area (Å²) in [5.41, 5.74) is 4.31. The van der Waals surface area contributed by atoms with E-state index in [1.807, 2.05) is 48.1 Å². The number of aromatic nitrogens is 1. The van der Waals surface area contributed by atoms with Gasteiger partial charge in [0.1, 0.15) is 22.8 Å². The van der Waals surface area contributed by atoms with Crippen LogP contribution >= 0.6 is 0 Å². The van der Waals surface area contributed by atoms with E-state index in [4.69, 9.17) is 4.74 Å². The molecule has 0 amide bonds. The minimum atomic E-state index is -0.446. The summed E-state index contributed by atoms with van der Waals surface area (Å²) in [4.78, 5) is 24.5. The second-order valence-corrected chi connectivity index (χ2v) is 7.81. The van der Waals surface area contributed by atoms with Crippen LogP contribution in [0.1, 0.15) is 33.2 Å². The Balaban J connectivity index is 1.65. The van der Waals surface area contributed by atoms with Crippen LogP contribution in [0.15, 0.2) is 66.6 Å². The zero-order valence-corrected chi connectivity index (χ0v) is 17.4. The third-order valence-corrected chi connectivity index (χ3v) is 5.67. The van der Waals surface area contributed by atoms with Crippen LogP contribution in [0.25, 0.3) is 28.1 Å². The van der Waals surface area contributed by atoms with E-state index in [1.54, 1.807) is 18.2 Å². The van der Waals surface area contributed by atoms with Gasteiger partial charge in [-0.25, -0.2) is 0 Å². The molecular formula is C26H19NO5. The molecule has 3 aromatic carbocycles. The van der Waals surface area contributed by atoms with Crippen LogP contribution in [0, 0.1) is 0 Å². The van der Waals surface area contributed by atoms with E-state index in [9.17, 15) is 19.8 Å². The van der Waals surface area contributed by atoms with Crippen molar-refractivity contribution in [3.05, 3.63) is 83.2 Å². The Morgan fingerprint density at radius 2 is 1.81 bits per heavy atom. The standard InChI is InChI=1S/C26H19NO5/c1-14(28)15-6-8-16(9-7-15)19-4-3-5-20-24(19)17(13-27(20)2)10-23-26(31)25-21(30)11-18(29)12-22(25)32-23/h3-13,29-30H,1-2H3. The van der Waals surface area contributed by atoms with E-state index in [0.29, 0.717) is 5.56 Å². The Morgan fingerprint density at radius 3 is 2.53 bits per heavy atom. The van der Waals surface area contributed by atoms with Gasteiger partial charge in [-0.2, -0.15) is 0 Å². The number of rotatable bonds is 3. The minimum Gasteiger partial charge on any atom is -0.508 e. The number of ether oxygens (including phenoxy) is 1. The van der Waals surface area contributed by atoms with E-state index in [0.717, 1.165) is 33.7 Å². The summed E-state index contributed by atoms with van der Waals surface area (Å²) in [5, 5.41) is 20.7. The van der Waals surface area contributed by atoms with Crippen molar-refractivity contribution in [2.75, 3.05) is 0 Å². The summed E-state index contributed by atoms with van der Waals surface area (Å²) >= 11 is 0. The van der Waals surface area contributed by atoms with Gasteiger partial charge in [0.15, 0.2) is 11.5 Å². The van der Waals surface area contributed by atoms with Gasteiger partial charge in [0, 0.05) is 47.4 Å². The van der Waals surface area contributed by atoms with Gasteiger partial charge in [-0.1, -0.05) is 36.4 Å². The van der Waals surface area contributed by atoms with Crippen molar-refractivity contribution in [2.24, 2.45) is 7.05 Å². The molecule has 4 aromatic rings. The van der Waals surface area contributed by atoms with Crippen molar-refractivity contribution < 1.29 is 24.5 Å². The van der Waals surface area contributed by atoms with Crippen molar-refractivity contribution >= 4 is 28.5 Å². The largest absolute Gasteiger partial charge is 0.508 e. The number of aromatic hydroxyl groups is 2. The fourth-order valence-corrected chi connectivity index (χ4v) is 4.13. The average molecular weight is 425 g/mol. The van der Waals surface area contributed by atoms with Crippen LogP contribution in [-0.2, 0) is 7.05 Å². The van der Waals surface area contributed by atoms with E-state index in [2.05, 4.69) is 0 Å². The number of ketones is 2. The molecular weight excluding hydrogens is 406 g/mol. The molecule has 32 heavy (non-hydrogen) atoms. The highest BCUT2D eigenvalue weighted by molar-refractivity contribution is 6.17. The average Bonchev–Trinajstić information content (AvgIpc) is 3.25. The number of fused-ring (bicyclic) bond motifs is 2. The maximum Gasteiger partial charge on any atom is 0.235 e. The number of phenolic OH excluding ortho intramolecular Hbond substituents is 2. The van der Waals surface area contributed by atoms with Gasteiger partial charge in [0.2, 0.25) is 5.78 Å². The number of carbonyl (C=O) groups excluding carboxylic acids is 2. The smallest absolute Gasteiger partial charge is 0.235 e. The van der Waals surface area contributed by atoms with E-state index in [-0.39, 0.29) is 34.4 Å². The van der Waals surface area contributed by atoms with Crippen LogP contribution in [0.4, 0.5) is 0 Å². The lowest BCUT2D eigenvalue weighted by molar-refractivity contribution is 0.100. The summed E-state index contributed by atoms with van der Waals surface area (Å²) in [6.45, 7) is 1.53. The number of benzene rings is 3. The monoisotopic (exact) mass is 425 g/mol. The first-order valence-corrected chi connectivity index (χ1v) is 10.0. The van der Waals surface area contributed by atoms with E-state index < -0.39 is 5.78 Å². The minimum absolute atomic E-state index is 0.00522. The molecule has 1 aliphatic heterocycles. The topological polar surface area (TPSA) is 88.8 Å². The Hall–Kier alpha value is -4.32. The number of carbonyl (C=O) groups is 2. The summed E-state index contributed by atoms with van der Waals surface area (Å²) in [6, 6.07) is 15.8. The molecule has 6 heteroatoms. The Kier molecular flexibility index (Phi) is 4.37. The fourth-order valence-electron chi connectivity index (χ4n) is 4.13. The molecule has 1 aliphatic rings. The van der Waals surface area contributed by atoms with Crippen molar-refractivity contribution in [1.29, 1.82) is 0 Å². The molecule has 1 aromatic heterocycles. The highest BCUT2D eigenvalue weighted by Gasteiger charge is 2.31. The molecule has 0 fully saturated rings. The zero-order chi connectivity index (χ0) is 22.6. The van der Waals surface area contributed by atoms with Gasteiger partial charge in [-0.15, -0.1) is 0 Å². The van der Waals surface area contributed by atoms with Crippen LogP contribution in [-0.4, -0.2) is 26.3 Å². The van der Waals surface area contributed by atoms with Gasteiger partial charge in [0.05, 0.1) is 0 Å². The second kappa shape index (κ2) is 7.13. The van der Waals surface area contributed by atoms with Crippen LogP contribution in [0.3, 0.4) is 0 Å². The molecule has 158 valence electrons. The lowest BCUT2D eigenvalue weighted by Gasteiger charge is -2.07. The lowest BCUT2D eigenvalue weighted by atomic mass is 9.97. The Morgan fingerprint density at radius 1 is 1.06 bits per heavy atom. The van der Waals surface area contributed by atoms with E-state index in [1.165, 1.54) is 13.0 Å². The maximum absolute atomic E-state index is 12.9. The highest BCUT2D eigenvalue weighted by Crippen LogP contribution is 2.41. The zero-order valence-electron chi connectivity index (χ0n) is 17.4. The van der Waals surface area contributed by atoms with Crippen LogP contribution < -0.4 is 4.74 Å². The second-order valence-electron chi connectivity index (χ2n) is 7.81. The number of phenols is 2. The van der Waals surface area contributed by atoms with Gasteiger partial charge in [-0.3, -0.25) is 9.59 Å². The predicted octanol–water partition coefficient (Wildman–Crippen LogP) is 5.08. The van der Waals surface area contributed by atoms with Gasteiger partial charge >= 0.3 is 0 Å². The molecule has 0 saturated heterocycles. The summed E-state index contributed by atoms with van der Waals surface area (Å²) < 4.78 is 7.64. The van der Waals surface area contributed by atoms with Crippen LogP contribution in [0.5, 0.6) is 17.2 Å². The number of allylic oxidation sites excluding steroid dienone is 1. The fraction of sp³-hybridized carbons (Fsp3) is 0.0769. The summed E-state index contributed by atoms with van der Waals surface area (Å²) in [6.07, 6.45) is 3.55. The molecule has 0 saturated carbocycles. The van der Waals surface area contributed by atoms with Gasteiger partial charge in [0.25, 0.3) is 0 Å². The molecule has 0 unspecified atom stereocenters. The molecule has 0 radical (unpaired) electrons. The number of Topliss-reactive ketones (excluding diaryl/α,β-unsaturated/α-hetero) is 2. The van der Waals surface area contributed by atoms with E-state index >= 15 is 0 Å². The number of hydrogen-bond donors (Lipinski definition) is 2. The number of aryl methyl sites for hydroxylation is 1. The SMILES string of the molecule is CC(=O)c1ccc(-c2cccc3c2c(C=C2Oc4cc(O)cc(O)c4C2=O)cn3C)cc1. The number of hydrogen-bond acceptors (Lipinski definition) is 5. The number of nitrogens with zero attached hydrogens (tertiary/aromatic N) is 1. The first-order valence-electron chi connectivity index (χ1n) is 10.0. The summed E-state index contributed by atoms with van der Waals surface area (Å²) in [7, 11) is 1.92. The molecule has 0 bridgehead atoms. The molecule has 6 nitrogen and oxygen atoms in total. The molecule has 2 N–H and O–H groups in total. The highest BCUT2D eigenvalue weighted by atomic mass is 16.5. The molecule has 0 atom stereocenters. The quantitative estimate of drug-likeness (QED) is 0.353. The Bertz CT molecular complexity index is 1460. The molecule has 5 rings (SSSR count). The lowest BCUT2D eigenvalue weighted by Crippen LogP contribution is -1.98. The summed E-state index contributed by atoms with van der Waals surface area (Å²) in [5.74, 6) is -0.757. The molecule has 0 aliphatic carbocycles. The van der Waals surface area contributed by atoms with Crippen molar-refractivity contribution in [3.8, 4) is 28.4 Å².